The summed E-state index contributed by atoms with van der Waals surface area (Å²) in [5.74, 6) is 0. The molecule has 0 aromatic carbocycles. The predicted octanol–water partition coefficient (Wildman–Crippen LogP) is 3.50. The monoisotopic (exact) mass is 271 g/mol. The molecule has 1 N–H and O–H groups in total. The van der Waals surface area contributed by atoms with E-state index < -0.39 is 6.10 Å². The van der Waals surface area contributed by atoms with Gasteiger partial charge in [-0.2, -0.15) is 0 Å². The number of unbranched alkanes of at least 4 members (excludes halogenated alkanes) is 8. The first-order valence-corrected chi connectivity index (χ1v) is 8.00. The van der Waals surface area contributed by atoms with Crippen LogP contribution in [0.1, 0.15) is 64.7 Å². The molecule has 0 saturated carbocycles. The summed E-state index contributed by atoms with van der Waals surface area (Å²) >= 11 is 0. The summed E-state index contributed by atoms with van der Waals surface area (Å²) in [7, 11) is 0. The van der Waals surface area contributed by atoms with Gasteiger partial charge >= 0.3 is 0 Å². The molecule has 0 aromatic heterocycles. The van der Waals surface area contributed by atoms with Crippen molar-refractivity contribution >= 4 is 0 Å². The molecule has 3 nitrogen and oxygen atoms in total. The van der Waals surface area contributed by atoms with Crippen molar-refractivity contribution in [2.45, 2.75) is 83.0 Å². The second-order valence-corrected chi connectivity index (χ2v) is 5.60. The fraction of sp³-hybridized carbons (Fsp3) is 0.938. The number of epoxide rings is 1. The van der Waals surface area contributed by atoms with Gasteiger partial charge in [0.15, 0.2) is 0 Å². The van der Waals surface area contributed by atoms with Crippen molar-refractivity contribution < 1.29 is 14.6 Å². The van der Waals surface area contributed by atoms with E-state index in [1.54, 1.807) is 0 Å². The van der Waals surface area contributed by atoms with E-state index in [2.05, 4.69) is 13.8 Å². The van der Waals surface area contributed by atoms with Gasteiger partial charge < -0.3 is 14.6 Å². The molecule has 1 aliphatic rings. The van der Waals surface area contributed by atoms with Crippen LogP contribution in [0.3, 0.4) is 0 Å². The lowest BCUT2D eigenvalue weighted by atomic mass is 10.1. The normalized spacial score (nSPS) is 21.3. The molecule has 0 aromatic rings. The van der Waals surface area contributed by atoms with Gasteiger partial charge in [0, 0.05) is 6.61 Å². The maximum Gasteiger partial charge on any atom is 0.112 e. The molecule has 0 amide bonds. The highest BCUT2D eigenvalue weighted by Gasteiger charge is 2.36. The van der Waals surface area contributed by atoms with Crippen LogP contribution >= 0.6 is 0 Å². The molecule has 3 heteroatoms. The average molecular weight is 271 g/mol. The Bertz CT molecular complexity index is 200. The van der Waals surface area contributed by atoms with Crippen molar-refractivity contribution in [3.8, 4) is 0 Å². The van der Waals surface area contributed by atoms with E-state index in [1.165, 1.54) is 51.4 Å². The van der Waals surface area contributed by atoms with E-state index in [9.17, 15) is 5.11 Å². The number of hydrogen-bond donors (Lipinski definition) is 1. The minimum Gasteiger partial charge on any atom is -0.390 e. The van der Waals surface area contributed by atoms with Crippen LogP contribution < -0.4 is 0 Å². The molecule has 19 heavy (non-hydrogen) atoms. The molecular weight excluding hydrogens is 240 g/mol. The van der Waals surface area contributed by atoms with E-state index in [-0.39, 0.29) is 12.2 Å². The van der Waals surface area contributed by atoms with Crippen molar-refractivity contribution in [3.63, 3.8) is 0 Å². The highest BCUT2D eigenvalue weighted by Crippen LogP contribution is 2.20. The van der Waals surface area contributed by atoms with E-state index in [0.717, 1.165) is 6.42 Å². The van der Waals surface area contributed by atoms with Gasteiger partial charge in [0.05, 0.1) is 12.7 Å². The van der Waals surface area contributed by atoms with E-state index in [4.69, 9.17) is 9.47 Å². The number of aliphatic hydroxyl groups excluding tert-OH is 1. The van der Waals surface area contributed by atoms with Gasteiger partial charge in [0.1, 0.15) is 12.2 Å². The lowest BCUT2D eigenvalue weighted by molar-refractivity contribution is -0.0342. The van der Waals surface area contributed by atoms with Gasteiger partial charge in [0.2, 0.25) is 0 Å². The summed E-state index contributed by atoms with van der Waals surface area (Å²) in [6.07, 6.45) is 11.0. The van der Waals surface area contributed by atoms with Gasteiger partial charge in [-0.05, 0) is 13.3 Å². The molecule has 1 aliphatic heterocycles. The lowest BCUT2D eigenvalue weighted by Crippen LogP contribution is -2.32. The van der Waals surface area contributed by atoms with Crippen molar-refractivity contribution in [2.75, 3.05) is 13.2 Å². The number of ether oxygens (including phenoxy) is 2. The number of hydrogen-bond acceptors (Lipinski definition) is 3. The van der Waals surface area contributed by atoms with E-state index in [0.29, 0.717) is 13.2 Å². The minimum atomic E-state index is -0.675. The molecule has 0 bridgehead atoms. The Morgan fingerprint density at radius 2 is 1.63 bits per heavy atom. The van der Waals surface area contributed by atoms with Gasteiger partial charge in [-0.3, -0.25) is 0 Å². The molecule has 0 spiro atoms. The van der Waals surface area contributed by atoms with Crippen molar-refractivity contribution in [1.82, 2.24) is 0 Å². The van der Waals surface area contributed by atoms with Crippen molar-refractivity contribution in [2.24, 2.45) is 0 Å². The zero-order valence-corrected chi connectivity index (χ0v) is 12.5. The average Bonchev–Trinajstić information content (AvgIpc) is 3.20. The maximum atomic E-state index is 9.45. The summed E-state index contributed by atoms with van der Waals surface area (Å²) in [6.45, 7) is 7.29. The highest BCUT2D eigenvalue weighted by molar-refractivity contribution is 4.86. The third kappa shape index (κ3) is 8.61. The molecule has 3 unspecified atom stereocenters. The summed E-state index contributed by atoms with van der Waals surface area (Å²) in [6, 6.07) is 0. The first kappa shape index (κ1) is 16.9. The van der Waals surface area contributed by atoms with Crippen LogP contribution in [0.4, 0.5) is 0 Å². The second kappa shape index (κ2) is 10.6. The summed E-state index contributed by atoms with van der Waals surface area (Å²) in [4.78, 5) is 0. The molecule has 1 radical (unpaired) electrons. The predicted molar refractivity (Wildman–Crippen MR) is 78.1 cm³/mol. The molecule has 1 fully saturated rings. The zero-order chi connectivity index (χ0) is 13.9. The smallest absolute Gasteiger partial charge is 0.112 e. The Hall–Kier alpha value is -0.120. The van der Waals surface area contributed by atoms with Gasteiger partial charge in [-0.25, -0.2) is 0 Å². The van der Waals surface area contributed by atoms with Crippen LogP contribution in [0.15, 0.2) is 0 Å². The largest absolute Gasteiger partial charge is 0.390 e. The van der Waals surface area contributed by atoms with Crippen molar-refractivity contribution in [1.29, 1.82) is 0 Å². The Morgan fingerprint density at radius 3 is 2.11 bits per heavy atom. The number of rotatable bonds is 13. The Labute approximate surface area is 118 Å². The van der Waals surface area contributed by atoms with Crippen LogP contribution in [-0.4, -0.2) is 36.6 Å². The molecule has 1 rings (SSSR count). The highest BCUT2D eigenvalue weighted by atomic mass is 16.6. The molecule has 1 heterocycles. The van der Waals surface area contributed by atoms with Crippen LogP contribution in [0.25, 0.3) is 0 Å². The Kier molecular flexibility index (Phi) is 9.48. The van der Waals surface area contributed by atoms with Crippen molar-refractivity contribution in [3.05, 3.63) is 6.92 Å². The third-order valence-corrected chi connectivity index (χ3v) is 3.66. The summed E-state index contributed by atoms with van der Waals surface area (Å²) in [5.41, 5.74) is 0. The van der Waals surface area contributed by atoms with Gasteiger partial charge in [-0.1, -0.05) is 58.3 Å². The van der Waals surface area contributed by atoms with E-state index >= 15 is 0 Å². The van der Waals surface area contributed by atoms with Crippen LogP contribution in [-0.2, 0) is 9.47 Å². The minimum absolute atomic E-state index is 0.0751. The molecule has 3 atom stereocenters. The quantitative estimate of drug-likeness (QED) is 0.412. The van der Waals surface area contributed by atoms with Crippen LogP contribution in [0.5, 0.6) is 0 Å². The Balaban J connectivity index is 1.82. The molecular formula is C16H31O3. The third-order valence-electron chi connectivity index (χ3n) is 3.66. The van der Waals surface area contributed by atoms with Crippen LogP contribution in [0, 0.1) is 6.92 Å². The Morgan fingerprint density at radius 1 is 1.11 bits per heavy atom. The van der Waals surface area contributed by atoms with Gasteiger partial charge in [-0.15, -0.1) is 0 Å². The molecule has 113 valence electrons. The fourth-order valence-corrected chi connectivity index (χ4v) is 2.34. The van der Waals surface area contributed by atoms with Gasteiger partial charge in [0.25, 0.3) is 0 Å². The summed E-state index contributed by atoms with van der Waals surface area (Å²) in [5, 5.41) is 9.45. The van der Waals surface area contributed by atoms with E-state index in [1.807, 2.05) is 0 Å². The first-order valence-electron chi connectivity index (χ1n) is 8.00. The second-order valence-electron chi connectivity index (χ2n) is 5.60. The molecule has 0 aliphatic carbocycles. The topological polar surface area (TPSA) is 42.0 Å². The maximum absolute atomic E-state index is 9.45. The first-order chi connectivity index (χ1) is 9.25. The lowest BCUT2D eigenvalue weighted by Gasteiger charge is -2.18. The fourth-order valence-electron chi connectivity index (χ4n) is 2.34. The number of aliphatic hydroxyl groups is 1. The zero-order valence-electron chi connectivity index (χ0n) is 12.5. The summed E-state index contributed by atoms with van der Waals surface area (Å²) < 4.78 is 10.8. The standard InChI is InChI=1S/C16H31O3/c1-3-4-5-6-7-8-9-10-11-12-18-16(14(2)17)15-13-19-15/h14-17H,2-13H2,1H3. The molecule has 1 saturated heterocycles. The van der Waals surface area contributed by atoms with Crippen LogP contribution in [0.2, 0.25) is 0 Å². The SMILES string of the molecule is [CH2]C(O)C(OCCCCCCCCCCC)C1CO1.